The molecule has 1 aromatic carbocycles. The van der Waals surface area contributed by atoms with E-state index in [2.05, 4.69) is 26.1 Å². The van der Waals surface area contributed by atoms with Crippen LogP contribution in [-0.2, 0) is 6.54 Å². The molecule has 0 fully saturated rings. The second-order valence-corrected chi connectivity index (χ2v) is 5.77. The summed E-state index contributed by atoms with van der Waals surface area (Å²) >= 11 is 0. The average molecular weight is 264 g/mol. The van der Waals surface area contributed by atoms with Crippen LogP contribution in [0.2, 0.25) is 0 Å². The van der Waals surface area contributed by atoms with Gasteiger partial charge in [0, 0.05) is 19.2 Å². The van der Waals surface area contributed by atoms with Crippen molar-refractivity contribution >= 4 is 0 Å². The third kappa shape index (κ3) is 4.98. The van der Waals surface area contributed by atoms with Crippen LogP contribution >= 0.6 is 0 Å². The molecule has 0 saturated heterocycles. The number of halogens is 1. The number of aliphatic hydroxyl groups excluding tert-OH is 1. The standard InChI is InChI=1S/C15H21FN2O/c1-15(2,3)14(4-5-19)18-10-12-6-11(9-17)7-13(16)8-12/h6-8,14,18-19H,4-5,10H2,1-3H3. The number of hydrogen-bond acceptors (Lipinski definition) is 3. The Bertz CT molecular complexity index is 460. The lowest BCUT2D eigenvalue weighted by Gasteiger charge is -2.31. The van der Waals surface area contributed by atoms with Crippen LogP contribution in [0.25, 0.3) is 0 Å². The SMILES string of the molecule is CC(C)(C)C(CCO)NCc1cc(F)cc(C#N)c1. The molecule has 19 heavy (non-hydrogen) atoms. The van der Waals surface area contributed by atoms with Gasteiger partial charge >= 0.3 is 0 Å². The van der Waals surface area contributed by atoms with Crippen LogP contribution in [0.15, 0.2) is 18.2 Å². The molecule has 0 spiro atoms. The fourth-order valence-electron chi connectivity index (χ4n) is 2.03. The molecule has 0 aromatic heterocycles. The van der Waals surface area contributed by atoms with Gasteiger partial charge in [-0.1, -0.05) is 20.8 Å². The number of nitriles is 1. The maximum absolute atomic E-state index is 13.3. The first-order valence-corrected chi connectivity index (χ1v) is 6.40. The van der Waals surface area contributed by atoms with E-state index in [1.807, 2.05) is 6.07 Å². The molecule has 0 aliphatic carbocycles. The van der Waals surface area contributed by atoms with E-state index < -0.39 is 5.82 Å². The Labute approximate surface area is 114 Å². The van der Waals surface area contributed by atoms with Gasteiger partial charge in [-0.15, -0.1) is 0 Å². The highest BCUT2D eigenvalue weighted by molar-refractivity contribution is 5.33. The van der Waals surface area contributed by atoms with E-state index in [1.54, 1.807) is 6.07 Å². The van der Waals surface area contributed by atoms with Gasteiger partial charge in [0.2, 0.25) is 0 Å². The molecule has 1 unspecified atom stereocenters. The summed E-state index contributed by atoms with van der Waals surface area (Å²) in [5.41, 5.74) is 1.07. The fourth-order valence-corrected chi connectivity index (χ4v) is 2.03. The van der Waals surface area contributed by atoms with Gasteiger partial charge in [0.25, 0.3) is 0 Å². The lowest BCUT2D eigenvalue weighted by Crippen LogP contribution is -2.40. The second kappa shape index (κ2) is 6.65. The maximum atomic E-state index is 13.3. The first-order chi connectivity index (χ1) is 8.86. The quantitative estimate of drug-likeness (QED) is 0.859. The van der Waals surface area contributed by atoms with Crippen molar-refractivity contribution in [1.82, 2.24) is 5.32 Å². The predicted molar refractivity (Wildman–Crippen MR) is 72.9 cm³/mol. The Kier molecular flexibility index (Phi) is 5.46. The lowest BCUT2D eigenvalue weighted by molar-refractivity contribution is 0.196. The van der Waals surface area contributed by atoms with Crippen molar-refractivity contribution in [3.8, 4) is 6.07 Å². The van der Waals surface area contributed by atoms with E-state index in [9.17, 15) is 4.39 Å². The molecule has 1 atom stereocenters. The monoisotopic (exact) mass is 264 g/mol. The molecule has 0 heterocycles. The number of aliphatic hydroxyl groups is 1. The predicted octanol–water partition coefficient (Wildman–Crippen LogP) is 2.58. The molecule has 0 bridgehead atoms. The van der Waals surface area contributed by atoms with Crippen LogP contribution in [0, 0.1) is 22.6 Å². The summed E-state index contributed by atoms with van der Waals surface area (Å²) in [5, 5.41) is 21.2. The number of benzene rings is 1. The normalized spacial score (nSPS) is 13.1. The third-order valence-corrected chi connectivity index (χ3v) is 3.10. The summed E-state index contributed by atoms with van der Waals surface area (Å²) in [6.45, 7) is 6.86. The minimum atomic E-state index is -0.398. The van der Waals surface area contributed by atoms with Gasteiger partial charge in [-0.3, -0.25) is 0 Å². The minimum Gasteiger partial charge on any atom is -0.396 e. The van der Waals surface area contributed by atoms with Crippen molar-refractivity contribution in [2.45, 2.75) is 39.8 Å². The van der Waals surface area contributed by atoms with Crippen LogP contribution in [-0.4, -0.2) is 17.8 Å². The number of hydrogen-bond donors (Lipinski definition) is 2. The molecule has 0 aliphatic heterocycles. The van der Waals surface area contributed by atoms with Crippen molar-refractivity contribution in [1.29, 1.82) is 5.26 Å². The topological polar surface area (TPSA) is 56.0 Å². The molecule has 3 nitrogen and oxygen atoms in total. The van der Waals surface area contributed by atoms with Gasteiger partial charge in [-0.05, 0) is 35.6 Å². The Morgan fingerprint density at radius 2 is 2.05 bits per heavy atom. The summed E-state index contributed by atoms with van der Waals surface area (Å²) < 4.78 is 13.3. The van der Waals surface area contributed by atoms with Crippen molar-refractivity contribution in [3.63, 3.8) is 0 Å². The Balaban J connectivity index is 2.74. The first-order valence-electron chi connectivity index (χ1n) is 6.40. The van der Waals surface area contributed by atoms with Crippen molar-refractivity contribution in [2.75, 3.05) is 6.61 Å². The van der Waals surface area contributed by atoms with Crippen molar-refractivity contribution in [2.24, 2.45) is 5.41 Å². The third-order valence-electron chi connectivity index (χ3n) is 3.10. The van der Waals surface area contributed by atoms with Gasteiger partial charge < -0.3 is 10.4 Å². The van der Waals surface area contributed by atoms with E-state index in [0.29, 0.717) is 18.5 Å². The Morgan fingerprint density at radius 3 is 2.58 bits per heavy atom. The molecule has 104 valence electrons. The zero-order valence-corrected chi connectivity index (χ0v) is 11.7. The molecular weight excluding hydrogens is 243 g/mol. The van der Waals surface area contributed by atoms with E-state index in [1.165, 1.54) is 12.1 Å². The number of nitrogens with one attached hydrogen (secondary N) is 1. The Morgan fingerprint density at radius 1 is 1.37 bits per heavy atom. The van der Waals surface area contributed by atoms with Gasteiger partial charge in [0.05, 0.1) is 11.6 Å². The van der Waals surface area contributed by atoms with Gasteiger partial charge in [0.15, 0.2) is 0 Å². The largest absolute Gasteiger partial charge is 0.396 e. The average Bonchev–Trinajstić information content (AvgIpc) is 2.32. The highest BCUT2D eigenvalue weighted by atomic mass is 19.1. The first kappa shape index (κ1) is 15.6. The van der Waals surface area contributed by atoms with Crippen LogP contribution < -0.4 is 5.32 Å². The van der Waals surface area contributed by atoms with E-state index in [4.69, 9.17) is 10.4 Å². The zero-order valence-electron chi connectivity index (χ0n) is 11.7. The molecule has 0 amide bonds. The summed E-state index contributed by atoms with van der Waals surface area (Å²) in [6, 6.07) is 6.39. The fraction of sp³-hybridized carbons (Fsp3) is 0.533. The minimum absolute atomic E-state index is 0.00805. The second-order valence-electron chi connectivity index (χ2n) is 5.77. The molecule has 4 heteroatoms. The van der Waals surface area contributed by atoms with E-state index in [0.717, 1.165) is 5.56 Å². The van der Waals surface area contributed by atoms with Crippen molar-refractivity contribution < 1.29 is 9.50 Å². The van der Waals surface area contributed by atoms with Gasteiger partial charge in [-0.2, -0.15) is 5.26 Å². The zero-order chi connectivity index (χ0) is 14.5. The summed E-state index contributed by atoms with van der Waals surface area (Å²) in [5.74, 6) is -0.398. The highest BCUT2D eigenvalue weighted by Crippen LogP contribution is 2.22. The van der Waals surface area contributed by atoms with Gasteiger partial charge in [0.1, 0.15) is 5.82 Å². The molecule has 2 N–H and O–H groups in total. The summed E-state index contributed by atoms with van der Waals surface area (Å²) in [7, 11) is 0. The smallest absolute Gasteiger partial charge is 0.124 e. The molecule has 1 rings (SSSR count). The number of nitrogens with zero attached hydrogens (tertiary/aromatic N) is 1. The van der Waals surface area contributed by atoms with Crippen LogP contribution in [0.5, 0.6) is 0 Å². The van der Waals surface area contributed by atoms with E-state index >= 15 is 0 Å². The van der Waals surface area contributed by atoms with E-state index in [-0.39, 0.29) is 18.1 Å². The molecule has 0 saturated carbocycles. The van der Waals surface area contributed by atoms with Crippen LogP contribution in [0.4, 0.5) is 4.39 Å². The van der Waals surface area contributed by atoms with Crippen molar-refractivity contribution in [3.05, 3.63) is 35.1 Å². The van der Waals surface area contributed by atoms with Crippen LogP contribution in [0.1, 0.15) is 38.3 Å². The number of rotatable bonds is 5. The summed E-state index contributed by atoms with van der Waals surface area (Å²) in [4.78, 5) is 0. The van der Waals surface area contributed by atoms with Crippen LogP contribution in [0.3, 0.4) is 0 Å². The molecule has 1 aromatic rings. The molecule has 0 radical (unpaired) electrons. The lowest BCUT2D eigenvalue weighted by atomic mass is 9.85. The maximum Gasteiger partial charge on any atom is 0.124 e. The summed E-state index contributed by atoms with van der Waals surface area (Å²) in [6.07, 6.45) is 0.643. The Hall–Kier alpha value is -1.44. The van der Waals surface area contributed by atoms with Gasteiger partial charge in [-0.25, -0.2) is 4.39 Å². The molecular formula is C15H21FN2O. The highest BCUT2D eigenvalue weighted by Gasteiger charge is 2.23. The molecule has 0 aliphatic rings.